The Morgan fingerprint density at radius 2 is 1.91 bits per heavy atom. The molecule has 1 saturated heterocycles. The highest BCUT2D eigenvalue weighted by atomic mass is 16.2. The summed E-state index contributed by atoms with van der Waals surface area (Å²) >= 11 is 0. The Labute approximate surface area is 196 Å². The van der Waals surface area contributed by atoms with E-state index >= 15 is 0 Å². The molecule has 0 radical (unpaired) electrons. The Hall–Kier alpha value is -4.51. The number of rotatable bonds is 4. The number of carbonyl (C=O) groups is 2. The zero-order chi connectivity index (χ0) is 23.8. The number of nitrogens with one attached hydrogen (secondary N) is 1. The number of carbonyl (C=O) groups excluding carboxylic acids is 2. The zero-order valence-electron chi connectivity index (χ0n) is 18.8. The minimum atomic E-state index is -0.546. The summed E-state index contributed by atoms with van der Waals surface area (Å²) in [5, 5.41) is 17.8. The van der Waals surface area contributed by atoms with Gasteiger partial charge in [0, 0.05) is 24.0 Å². The highest BCUT2D eigenvalue weighted by Crippen LogP contribution is 2.28. The maximum absolute atomic E-state index is 13.2. The van der Waals surface area contributed by atoms with Gasteiger partial charge < -0.3 is 10.2 Å². The minimum Gasteiger partial charge on any atom is -0.312 e. The molecule has 34 heavy (non-hydrogen) atoms. The third-order valence-electron chi connectivity index (χ3n) is 6.10. The summed E-state index contributed by atoms with van der Waals surface area (Å²) in [5.74, 6) is -0.244. The smallest absolute Gasteiger partial charge is 0.231 e. The minimum absolute atomic E-state index is 0.100. The average molecular weight is 451 g/mol. The van der Waals surface area contributed by atoms with Gasteiger partial charge in [-0.25, -0.2) is 4.98 Å². The lowest BCUT2D eigenvalue weighted by Gasteiger charge is -2.17. The molecule has 8 heteroatoms. The lowest BCUT2D eigenvalue weighted by Crippen LogP contribution is -2.29. The number of hydrogen-bond acceptors (Lipinski definition) is 5. The highest BCUT2D eigenvalue weighted by molar-refractivity contribution is 6.03. The number of hydrogen-bond donors (Lipinski definition) is 1. The monoisotopic (exact) mass is 450 g/mol. The molecule has 1 unspecified atom stereocenters. The van der Waals surface area contributed by atoms with E-state index in [1.54, 1.807) is 4.90 Å². The summed E-state index contributed by atoms with van der Waals surface area (Å²) in [7, 11) is 0. The van der Waals surface area contributed by atoms with E-state index in [4.69, 9.17) is 0 Å². The summed E-state index contributed by atoms with van der Waals surface area (Å²) in [6.07, 6.45) is 1.50. The van der Waals surface area contributed by atoms with Gasteiger partial charge in [0.25, 0.3) is 0 Å². The van der Waals surface area contributed by atoms with Crippen molar-refractivity contribution >= 4 is 34.2 Å². The van der Waals surface area contributed by atoms with Gasteiger partial charge in [-0.15, -0.1) is 0 Å². The maximum atomic E-state index is 13.2. The van der Waals surface area contributed by atoms with Crippen molar-refractivity contribution in [3.8, 4) is 11.9 Å². The first-order chi connectivity index (χ1) is 16.4. The number of nitriles is 1. The first-order valence-electron chi connectivity index (χ1n) is 11.0. The van der Waals surface area contributed by atoms with Gasteiger partial charge in [0.15, 0.2) is 11.6 Å². The number of benzene rings is 2. The molecule has 3 heterocycles. The van der Waals surface area contributed by atoms with Crippen LogP contribution in [0.3, 0.4) is 0 Å². The van der Waals surface area contributed by atoms with Gasteiger partial charge in [-0.3, -0.25) is 9.59 Å². The molecule has 2 amide bonds. The van der Waals surface area contributed by atoms with Crippen LogP contribution in [0.15, 0.2) is 60.8 Å². The Morgan fingerprint density at radius 1 is 1.15 bits per heavy atom. The fourth-order valence-electron chi connectivity index (χ4n) is 4.24. The number of pyridine rings is 1. The van der Waals surface area contributed by atoms with Crippen LogP contribution in [0.4, 0.5) is 11.5 Å². The van der Waals surface area contributed by atoms with E-state index in [-0.39, 0.29) is 36.2 Å². The highest BCUT2D eigenvalue weighted by Gasteiger charge is 2.36. The van der Waals surface area contributed by atoms with Crippen LogP contribution in [0, 0.1) is 31.1 Å². The third kappa shape index (κ3) is 3.77. The maximum Gasteiger partial charge on any atom is 0.231 e. The molecular formula is C26H22N6O2. The fraction of sp³-hybridized carbons (Fsp3) is 0.192. The summed E-state index contributed by atoms with van der Waals surface area (Å²) in [5.41, 5.74) is 3.88. The number of para-hydroxylation sites is 1. The standard InChI is InChI=1S/C26H22N6O2/c1-16-7-9-20(10-8-16)31-15-18(12-24(31)33)26(34)30-25-19(13-27)14-28-32(25)23-11-17(2)21-5-3-4-6-22(21)29-23/h3-11,14,18H,12,15H2,1-2H3,(H,30,34). The number of anilines is 2. The van der Waals surface area contributed by atoms with Crippen LogP contribution in [-0.2, 0) is 9.59 Å². The zero-order valence-corrected chi connectivity index (χ0v) is 18.8. The molecule has 0 aliphatic carbocycles. The number of aromatic nitrogens is 3. The number of nitrogens with zero attached hydrogens (tertiary/aromatic N) is 5. The summed E-state index contributed by atoms with van der Waals surface area (Å²) < 4.78 is 1.46. The molecule has 0 bridgehead atoms. The second-order valence-corrected chi connectivity index (χ2v) is 8.48. The average Bonchev–Trinajstić information content (AvgIpc) is 3.43. The molecular weight excluding hydrogens is 428 g/mol. The Morgan fingerprint density at radius 3 is 2.68 bits per heavy atom. The summed E-state index contributed by atoms with van der Waals surface area (Å²) in [4.78, 5) is 32.1. The quantitative estimate of drug-likeness (QED) is 0.508. The number of amides is 2. The predicted molar refractivity (Wildman–Crippen MR) is 129 cm³/mol. The van der Waals surface area contributed by atoms with E-state index in [1.165, 1.54) is 10.9 Å². The molecule has 2 aromatic carbocycles. The molecule has 1 N–H and O–H groups in total. The molecule has 8 nitrogen and oxygen atoms in total. The molecule has 1 atom stereocenters. The molecule has 0 saturated carbocycles. The Bertz CT molecular complexity index is 1470. The van der Waals surface area contributed by atoms with Crippen LogP contribution in [0.2, 0.25) is 0 Å². The van der Waals surface area contributed by atoms with Crippen molar-refractivity contribution < 1.29 is 9.59 Å². The van der Waals surface area contributed by atoms with Gasteiger partial charge in [-0.05, 0) is 43.7 Å². The fourth-order valence-corrected chi connectivity index (χ4v) is 4.24. The van der Waals surface area contributed by atoms with Crippen LogP contribution in [0.1, 0.15) is 23.1 Å². The Balaban J connectivity index is 1.43. The van der Waals surface area contributed by atoms with Crippen LogP contribution in [0.25, 0.3) is 16.7 Å². The number of fused-ring (bicyclic) bond motifs is 1. The molecule has 2 aromatic heterocycles. The molecule has 1 aliphatic rings. The van der Waals surface area contributed by atoms with E-state index < -0.39 is 5.92 Å². The van der Waals surface area contributed by atoms with E-state index in [9.17, 15) is 14.9 Å². The second kappa shape index (κ2) is 8.45. The largest absolute Gasteiger partial charge is 0.312 e. The SMILES string of the molecule is Cc1ccc(N2CC(C(=O)Nc3c(C#N)cnn3-c3cc(C)c4ccccc4n3)CC2=O)cc1. The van der Waals surface area contributed by atoms with Gasteiger partial charge in [0.1, 0.15) is 11.6 Å². The van der Waals surface area contributed by atoms with Crippen molar-refractivity contribution in [3.05, 3.63) is 77.5 Å². The molecule has 1 aliphatic heterocycles. The molecule has 5 rings (SSSR count). The topological polar surface area (TPSA) is 104 Å². The van der Waals surface area contributed by atoms with Crippen LogP contribution in [-0.4, -0.2) is 33.1 Å². The molecule has 168 valence electrons. The first-order valence-corrected chi connectivity index (χ1v) is 11.0. The number of aryl methyl sites for hydroxylation is 2. The molecule has 0 spiro atoms. The molecule has 4 aromatic rings. The van der Waals surface area contributed by atoms with E-state index in [2.05, 4.69) is 21.5 Å². The van der Waals surface area contributed by atoms with Gasteiger partial charge >= 0.3 is 0 Å². The third-order valence-corrected chi connectivity index (χ3v) is 6.10. The van der Waals surface area contributed by atoms with E-state index in [0.29, 0.717) is 5.82 Å². The lowest BCUT2D eigenvalue weighted by atomic mass is 10.1. The van der Waals surface area contributed by atoms with Crippen molar-refractivity contribution in [2.24, 2.45) is 5.92 Å². The molecule has 1 fully saturated rings. The van der Waals surface area contributed by atoms with Crippen molar-refractivity contribution in [2.45, 2.75) is 20.3 Å². The summed E-state index contributed by atoms with van der Waals surface area (Å²) in [6.45, 7) is 4.23. The summed E-state index contributed by atoms with van der Waals surface area (Å²) in [6, 6.07) is 19.3. The van der Waals surface area contributed by atoms with Gasteiger partial charge in [-0.2, -0.15) is 15.0 Å². The van der Waals surface area contributed by atoms with Crippen molar-refractivity contribution in [3.63, 3.8) is 0 Å². The van der Waals surface area contributed by atoms with Crippen LogP contribution < -0.4 is 10.2 Å². The van der Waals surface area contributed by atoms with Crippen LogP contribution in [0.5, 0.6) is 0 Å². The van der Waals surface area contributed by atoms with Gasteiger partial charge in [0.05, 0.1) is 17.6 Å². The van der Waals surface area contributed by atoms with Crippen LogP contribution >= 0.6 is 0 Å². The Kier molecular flexibility index (Phi) is 5.30. The van der Waals surface area contributed by atoms with E-state index in [1.807, 2.05) is 68.4 Å². The van der Waals surface area contributed by atoms with Crippen molar-refractivity contribution in [1.29, 1.82) is 5.26 Å². The predicted octanol–water partition coefficient (Wildman–Crippen LogP) is 3.90. The van der Waals surface area contributed by atoms with Crippen molar-refractivity contribution in [1.82, 2.24) is 14.8 Å². The first kappa shape index (κ1) is 21.3. The normalized spacial score (nSPS) is 15.5. The second-order valence-electron chi connectivity index (χ2n) is 8.48. The van der Waals surface area contributed by atoms with E-state index in [0.717, 1.165) is 27.7 Å². The van der Waals surface area contributed by atoms with Gasteiger partial charge in [-0.1, -0.05) is 35.9 Å². The van der Waals surface area contributed by atoms with Gasteiger partial charge in [0.2, 0.25) is 11.8 Å². The van der Waals surface area contributed by atoms with Crippen molar-refractivity contribution in [2.75, 3.05) is 16.8 Å². The lowest BCUT2D eigenvalue weighted by molar-refractivity contribution is -0.122.